The van der Waals surface area contributed by atoms with Crippen LogP contribution in [0.1, 0.15) is 23.1 Å². The van der Waals surface area contributed by atoms with E-state index >= 15 is 0 Å². The molecule has 0 aliphatic carbocycles. The average Bonchev–Trinajstić information content (AvgIpc) is 2.20. The Kier molecular flexibility index (Phi) is 3.90. The van der Waals surface area contributed by atoms with Crippen LogP contribution in [0.5, 0.6) is 0 Å². The summed E-state index contributed by atoms with van der Waals surface area (Å²) in [6, 6.07) is 5.52. The number of rotatable bonds is 2. The molecular formula is C12H13NO2. The van der Waals surface area contributed by atoms with Gasteiger partial charge in [-0.1, -0.05) is 24.0 Å². The molecule has 0 aliphatic heterocycles. The minimum Gasteiger partial charge on any atom is -0.392 e. The van der Waals surface area contributed by atoms with Crippen LogP contribution in [0.4, 0.5) is 0 Å². The van der Waals surface area contributed by atoms with Crippen LogP contribution >= 0.6 is 0 Å². The molecular weight excluding hydrogens is 190 g/mol. The summed E-state index contributed by atoms with van der Waals surface area (Å²) >= 11 is 0. The lowest BCUT2D eigenvalue weighted by Gasteiger charge is -2.03. The molecule has 0 unspecified atom stereocenters. The SMILES string of the molecule is Cc1c(C#CCC(N)=O)cccc1CO. The molecule has 1 aromatic rings. The molecule has 15 heavy (non-hydrogen) atoms. The second-order valence-electron chi connectivity index (χ2n) is 3.19. The van der Waals surface area contributed by atoms with Crippen molar-refractivity contribution < 1.29 is 9.90 Å². The van der Waals surface area contributed by atoms with Crippen LogP contribution in [0.3, 0.4) is 0 Å². The summed E-state index contributed by atoms with van der Waals surface area (Å²) < 4.78 is 0. The zero-order valence-corrected chi connectivity index (χ0v) is 8.58. The molecule has 0 bridgehead atoms. The summed E-state index contributed by atoms with van der Waals surface area (Å²) in [4.78, 5) is 10.5. The van der Waals surface area contributed by atoms with Crippen molar-refractivity contribution in [1.29, 1.82) is 0 Å². The lowest BCUT2D eigenvalue weighted by molar-refractivity contribution is -0.117. The van der Waals surface area contributed by atoms with E-state index in [-0.39, 0.29) is 13.0 Å². The summed E-state index contributed by atoms with van der Waals surface area (Å²) in [6.45, 7) is 1.89. The molecule has 1 rings (SSSR count). The number of benzene rings is 1. The van der Waals surface area contributed by atoms with Gasteiger partial charge in [-0.05, 0) is 24.1 Å². The summed E-state index contributed by atoms with van der Waals surface area (Å²) in [5.74, 6) is 5.11. The van der Waals surface area contributed by atoms with E-state index in [9.17, 15) is 4.79 Å². The molecule has 78 valence electrons. The van der Waals surface area contributed by atoms with Crippen LogP contribution in [-0.4, -0.2) is 11.0 Å². The standard InChI is InChI=1S/C12H13NO2/c1-9-10(5-3-7-12(13)15)4-2-6-11(9)8-14/h2,4,6,14H,7-8H2,1H3,(H2,13,15). The van der Waals surface area contributed by atoms with E-state index in [4.69, 9.17) is 10.8 Å². The van der Waals surface area contributed by atoms with Gasteiger partial charge in [0.1, 0.15) is 0 Å². The first kappa shape index (κ1) is 11.3. The molecule has 3 heteroatoms. The topological polar surface area (TPSA) is 63.3 Å². The molecule has 0 radical (unpaired) electrons. The first-order valence-corrected chi connectivity index (χ1v) is 4.61. The second kappa shape index (κ2) is 5.18. The van der Waals surface area contributed by atoms with E-state index in [1.165, 1.54) is 0 Å². The first-order valence-electron chi connectivity index (χ1n) is 4.61. The summed E-state index contributed by atoms with van der Waals surface area (Å²) in [5.41, 5.74) is 7.58. The summed E-state index contributed by atoms with van der Waals surface area (Å²) in [6.07, 6.45) is 0.0583. The van der Waals surface area contributed by atoms with Gasteiger partial charge in [0.05, 0.1) is 13.0 Å². The predicted octanol–water partition coefficient (Wildman–Crippen LogP) is 0.714. The third-order valence-corrected chi connectivity index (χ3v) is 2.10. The Morgan fingerprint density at radius 1 is 1.53 bits per heavy atom. The van der Waals surface area contributed by atoms with E-state index in [0.29, 0.717) is 0 Å². The minimum absolute atomic E-state index is 0.00280. The maximum absolute atomic E-state index is 10.5. The number of aliphatic hydroxyl groups is 1. The minimum atomic E-state index is -0.432. The molecule has 0 heterocycles. The van der Waals surface area contributed by atoms with Crippen LogP contribution < -0.4 is 5.73 Å². The number of nitrogens with two attached hydrogens (primary N) is 1. The number of aliphatic hydroxyl groups excluding tert-OH is 1. The summed E-state index contributed by atoms with van der Waals surface area (Å²) in [7, 11) is 0. The molecule has 3 nitrogen and oxygen atoms in total. The van der Waals surface area contributed by atoms with Gasteiger partial charge >= 0.3 is 0 Å². The Morgan fingerprint density at radius 3 is 2.87 bits per heavy atom. The van der Waals surface area contributed by atoms with Crippen molar-refractivity contribution in [2.75, 3.05) is 0 Å². The molecule has 0 aliphatic rings. The molecule has 0 aromatic heterocycles. The molecule has 0 saturated heterocycles. The third-order valence-electron chi connectivity index (χ3n) is 2.10. The van der Waals surface area contributed by atoms with Gasteiger partial charge in [0, 0.05) is 5.56 Å². The zero-order chi connectivity index (χ0) is 11.3. The van der Waals surface area contributed by atoms with Gasteiger partial charge < -0.3 is 10.8 Å². The highest BCUT2D eigenvalue weighted by Gasteiger charge is 1.99. The Labute approximate surface area is 88.9 Å². The van der Waals surface area contributed by atoms with Crippen LogP contribution in [0.25, 0.3) is 0 Å². The fourth-order valence-electron chi connectivity index (χ4n) is 1.22. The highest BCUT2D eigenvalue weighted by molar-refractivity contribution is 5.76. The Balaban J connectivity index is 2.93. The maximum Gasteiger partial charge on any atom is 0.229 e. The number of hydrogen-bond acceptors (Lipinski definition) is 2. The van der Waals surface area contributed by atoms with Crippen LogP contribution in [-0.2, 0) is 11.4 Å². The average molecular weight is 203 g/mol. The highest BCUT2D eigenvalue weighted by Crippen LogP contribution is 2.12. The van der Waals surface area contributed by atoms with Crippen molar-refractivity contribution in [3.63, 3.8) is 0 Å². The number of hydrogen-bond donors (Lipinski definition) is 2. The quantitative estimate of drug-likeness (QED) is 0.695. The summed E-state index contributed by atoms with van der Waals surface area (Å²) in [5, 5.41) is 9.03. The Morgan fingerprint density at radius 2 is 2.27 bits per heavy atom. The van der Waals surface area contributed by atoms with Gasteiger partial charge in [-0.25, -0.2) is 0 Å². The smallest absolute Gasteiger partial charge is 0.229 e. The fourth-order valence-corrected chi connectivity index (χ4v) is 1.22. The molecule has 3 N–H and O–H groups in total. The van der Waals surface area contributed by atoms with E-state index in [0.717, 1.165) is 16.7 Å². The maximum atomic E-state index is 10.5. The van der Waals surface area contributed by atoms with Crippen LogP contribution in [0.2, 0.25) is 0 Å². The lowest BCUT2D eigenvalue weighted by atomic mass is 10.0. The zero-order valence-electron chi connectivity index (χ0n) is 8.58. The number of carbonyl (C=O) groups is 1. The van der Waals surface area contributed by atoms with E-state index in [1.54, 1.807) is 0 Å². The van der Waals surface area contributed by atoms with Gasteiger partial charge in [-0.2, -0.15) is 0 Å². The van der Waals surface area contributed by atoms with Crippen molar-refractivity contribution >= 4 is 5.91 Å². The Hall–Kier alpha value is -1.79. The Bertz CT molecular complexity index is 427. The van der Waals surface area contributed by atoms with Crippen molar-refractivity contribution in [2.24, 2.45) is 5.73 Å². The van der Waals surface area contributed by atoms with E-state index in [2.05, 4.69) is 11.8 Å². The number of carbonyl (C=O) groups excluding carboxylic acids is 1. The number of primary amides is 1. The molecule has 1 aromatic carbocycles. The van der Waals surface area contributed by atoms with Crippen molar-refractivity contribution in [2.45, 2.75) is 20.0 Å². The predicted molar refractivity (Wildman–Crippen MR) is 57.8 cm³/mol. The van der Waals surface area contributed by atoms with Gasteiger partial charge in [-0.3, -0.25) is 4.79 Å². The van der Waals surface area contributed by atoms with Gasteiger partial charge in [-0.15, -0.1) is 0 Å². The highest BCUT2D eigenvalue weighted by atomic mass is 16.3. The normalized spacial score (nSPS) is 9.20. The third kappa shape index (κ3) is 3.12. The van der Waals surface area contributed by atoms with E-state index < -0.39 is 5.91 Å². The molecule has 0 atom stereocenters. The molecule has 1 amide bonds. The first-order chi connectivity index (χ1) is 7.15. The van der Waals surface area contributed by atoms with Crippen LogP contribution in [0, 0.1) is 18.8 Å². The van der Waals surface area contributed by atoms with Crippen molar-refractivity contribution in [3.8, 4) is 11.8 Å². The largest absolute Gasteiger partial charge is 0.392 e. The fraction of sp³-hybridized carbons (Fsp3) is 0.250. The second-order valence-corrected chi connectivity index (χ2v) is 3.19. The van der Waals surface area contributed by atoms with E-state index in [1.807, 2.05) is 25.1 Å². The molecule has 0 saturated carbocycles. The van der Waals surface area contributed by atoms with Crippen molar-refractivity contribution in [3.05, 3.63) is 34.9 Å². The molecule has 0 spiro atoms. The monoisotopic (exact) mass is 203 g/mol. The lowest BCUT2D eigenvalue weighted by Crippen LogP contribution is -2.08. The van der Waals surface area contributed by atoms with Crippen molar-refractivity contribution in [1.82, 2.24) is 0 Å². The number of amides is 1. The van der Waals surface area contributed by atoms with Gasteiger partial charge in [0.25, 0.3) is 0 Å². The molecule has 0 fully saturated rings. The van der Waals surface area contributed by atoms with Gasteiger partial charge in [0.15, 0.2) is 0 Å². The van der Waals surface area contributed by atoms with Gasteiger partial charge in [0.2, 0.25) is 5.91 Å². The van der Waals surface area contributed by atoms with Crippen LogP contribution in [0.15, 0.2) is 18.2 Å².